The molecule has 86 valence electrons. The number of anilines is 1. The van der Waals surface area contributed by atoms with Gasteiger partial charge < -0.3 is 10.1 Å². The largest absolute Gasteiger partial charge is 0.465 e. The molecule has 0 spiro atoms. The second-order valence-corrected chi connectivity index (χ2v) is 3.43. The van der Waals surface area contributed by atoms with Crippen molar-refractivity contribution in [3.63, 3.8) is 0 Å². The first kappa shape index (κ1) is 12.6. The molecule has 0 radical (unpaired) electrons. The van der Waals surface area contributed by atoms with Gasteiger partial charge in [-0.25, -0.2) is 9.18 Å². The van der Waals surface area contributed by atoms with Gasteiger partial charge in [0.25, 0.3) is 0 Å². The van der Waals surface area contributed by atoms with Crippen molar-refractivity contribution >= 4 is 33.5 Å². The highest BCUT2D eigenvalue weighted by atomic mass is 79.9. The Morgan fingerprint density at radius 3 is 2.75 bits per heavy atom. The van der Waals surface area contributed by atoms with Crippen molar-refractivity contribution in [1.29, 1.82) is 0 Å². The molecule has 0 aliphatic carbocycles. The number of carbonyl (C=O) groups excluding carboxylic acids is 2. The highest BCUT2D eigenvalue weighted by molar-refractivity contribution is 9.09. The van der Waals surface area contributed by atoms with Crippen LogP contribution in [0.2, 0.25) is 0 Å². The molecule has 0 bridgehead atoms. The van der Waals surface area contributed by atoms with Gasteiger partial charge in [0.05, 0.1) is 18.0 Å². The molecule has 1 rings (SSSR count). The number of halogens is 2. The van der Waals surface area contributed by atoms with Crippen LogP contribution in [0.25, 0.3) is 0 Å². The predicted molar refractivity (Wildman–Crippen MR) is 60.2 cm³/mol. The summed E-state index contributed by atoms with van der Waals surface area (Å²) in [6.45, 7) is 0. The number of benzene rings is 1. The second kappa shape index (κ2) is 5.60. The Morgan fingerprint density at radius 1 is 1.50 bits per heavy atom. The topological polar surface area (TPSA) is 55.4 Å². The van der Waals surface area contributed by atoms with Crippen LogP contribution in [0.5, 0.6) is 0 Å². The maximum Gasteiger partial charge on any atom is 0.340 e. The smallest absolute Gasteiger partial charge is 0.340 e. The molecule has 4 nitrogen and oxygen atoms in total. The molecule has 0 saturated carbocycles. The lowest BCUT2D eigenvalue weighted by molar-refractivity contribution is -0.113. The SMILES string of the molecule is COC(=O)c1cc(NC(=O)CBr)ccc1F. The van der Waals surface area contributed by atoms with Crippen LogP contribution in [-0.2, 0) is 9.53 Å². The number of alkyl halides is 1. The third-order valence-corrected chi connectivity index (χ3v) is 2.29. The predicted octanol–water partition coefficient (Wildman–Crippen LogP) is 1.95. The number of amides is 1. The first-order chi connectivity index (χ1) is 7.58. The third-order valence-electron chi connectivity index (χ3n) is 1.78. The van der Waals surface area contributed by atoms with E-state index in [0.717, 1.165) is 13.2 Å². The molecule has 0 heterocycles. The van der Waals surface area contributed by atoms with Crippen LogP contribution in [0.15, 0.2) is 18.2 Å². The first-order valence-corrected chi connectivity index (χ1v) is 5.44. The molecule has 6 heteroatoms. The molecule has 0 aliphatic rings. The van der Waals surface area contributed by atoms with Gasteiger partial charge in [0.15, 0.2) is 0 Å². The van der Waals surface area contributed by atoms with Gasteiger partial charge in [0.1, 0.15) is 5.82 Å². The van der Waals surface area contributed by atoms with Gasteiger partial charge >= 0.3 is 5.97 Å². The summed E-state index contributed by atoms with van der Waals surface area (Å²) in [5.41, 5.74) is 0.126. The third kappa shape index (κ3) is 3.03. The van der Waals surface area contributed by atoms with Crippen LogP contribution >= 0.6 is 15.9 Å². The molecule has 0 saturated heterocycles. The zero-order valence-corrected chi connectivity index (χ0v) is 10.0. The van der Waals surface area contributed by atoms with E-state index in [2.05, 4.69) is 26.0 Å². The summed E-state index contributed by atoms with van der Waals surface area (Å²) in [4.78, 5) is 22.2. The Labute approximate surface area is 99.9 Å². The fourth-order valence-electron chi connectivity index (χ4n) is 1.06. The van der Waals surface area contributed by atoms with E-state index in [1.165, 1.54) is 12.1 Å². The maximum absolute atomic E-state index is 13.2. The van der Waals surface area contributed by atoms with E-state index >= 15 is 0 Å². The van der Waals surface area contributed by atoms with Crippen LogP contribution in [0, 0.1) is 5.82 Å². The van der Waals surface area contributed by atoms with Gasteiger partial charge in [0.2, 0.25) is 5.91 Å². The molecule has 0 unspecified atom stereocenters. The molecule has 0 fully saturated rings. The average Bonchev–Trinajstić information content (AvgIpc) is 2.30. The van der Waals surface area contributed by atoms with E-state index < -0.39 is 11.8 Å². The van der Waals surface area contributed by atoms with Crippen LogP contribution in [-0.4, -0.2) is 24.3 Å². The van der Waals surface area contributed by atoms with E-state index in [4.69, 9.17) is 0 Å². The summed E-state index contributed by atoms with van der Waals surface area (Å²) in [7, 11) is 1.16. The van der Waals surface area contributed by atoms with Crippen molar-refractivity contribution in [2.24, 2.45) is 0 Å². The Balaban J connectivity index is 2.98. The van der Waals surface area contributed by atoms with Crippen LogP contribution in [0.1, 0.15) is 10.4 Å². The Bertz CT molecular complexity index is 423. The number of hydrogen-bond acceptors (Lipinski definition) is 3. The molecule has 16 heavy (non-hydrogen) atoms. The molecule has 0 aromatic heterocycles. The molecule has 1 aromatic carbocycles. The number of nitrogens with one attached hydrogen (secondary N) is 1. The standard InChI is InChI=1S/C10H9BrFNO3/c1-16-10(15)7-4-6(2-3-8(7)12)13-9(14)5-11/h2-4H,5H2,1H3,(H,13,14). The summed E-state index contributed by atoms with van der Waals surface area (Å²) < 4.78 is 17.6. The Hall–Kier alpha value is -1.43. The van der Waals surface area contributed by atoms with Gasteiger partial charge in [-0.05, 0) is 18.2 Å². The van der Waals surface area contributed by atoms with Gasteiger partial charge in [-0.1, -0.05) is 15.9 Å². The van der Waals surface area contributed by atoms with Crippen molar-refractivity contribution in [1.82, 2.24) is 0 Å². The monoisotopic (exact) mass is 289 g/mol. The number of rotatable bonds is 3. The van der Waals surface area contributed by atoms with Crippen molar-refractivity contribution < 1.29 is 18.7 Å². The summed E-state index contributed by atoms with van der Waals surface area (Å²) in [5.74, 6) is -1.77. The molecule has 0 atom stereocenters. The number of esters is 1. The zero-order chi connectivity index (χ0) is 12.1. The normalized spacial score (nSPS) is 9.69. The molecular formula is C10H9BrFNO3. The van der Waals surface area contributed by atoms with E-state index in [1.54, 1.807) is 0 Å². The second-order valence-electron chi connectivity index (χ2n) is 2.87. The summed E-state index contributed by atoms with van der Waals surface area (Å²) >= 11 is 2.97. The summed E-state index contributed by atoms with van der Waals surface area (Å²) in [5, 5.41) is 2.60. The zero-order valence-electron chi connectivity index (χ0n) is 8.42. The molecule has 1 aromatic rings. The fourth-order valence-corrected chi connectivity index (χ4v) is 1.20. The molecule has 1 N–H and O–H groups in total. The van der Waals surface area contributed by atoms with Crippen molar-refractivity contribution in [2.75, 3.05) is 17.8 Å². The molecule has 0 aliphatic heterocycles. The van der Waals surface area contributed by atoms with Gasteiger partial charge in [-0.15, -0.1) is 0 Å². The van der Waals surface area contributed by atoms with Gasteiger partial charge in [0, 0.05) is 5.69 Å². The Kier molecular flexibility index (Phi) is 4.42. The van der Waals surface area contributed by atoms with E-state index in [0.29, 0.717) is 5.69 Å². The molecule has 1 amide bonds. The average molecular weight is 290 g/mol. The highest BCUT2D eigenvalue weighted by Gasteiger charge is 2.13. The maximum atomic E-state index is 13.2. The van der Waals surface area contributed by atoms with Crippen LogP contribution < -0.4 is 5.32 Å². The van der Waals surface area contributed by atoms with Crippen LogP contribution in [0.3, 0.4) is 0 Å². The first-order valence-electron chi connectivity index (χ1n) is 4.32. The van der Waals surface area contributed by atoms with Gasteiger partial charge in [-0.2, -0.15) is 0 Å². The van der Waals surface area contributed by atoms with Gasteiger partial charge in [-0.3, -0.25) is 4.79 Å². The minimum Gasteiger partial charge on any atom is -0.465 e. The lowest BCUT2D eigenvalue weighted by atomic mass is 10.2. The number of hydrogen-bond donors (Lipinski definition) is 1. The summed E-state index contributed by atoms with van der Waals surface area (Å²) in [6.07, 6.45) is 0. The fraction of sp³-hybridized carbons (Fsp3) is 0.200. The molecular weight excluding hydrogens is 281 g/mol. The Morgan fingerprint density at radius 2 is 2.19 bits per heavy atom. The quantitative estimate of drug-likeness (QED) is 0.683. The summed E-state index contributed by atoms with van der Waals surface area (Å²) in [6, 6.07) is 3.68. The van der Waals surface area contributed by atoms with E-state index in [9.17, 15) is 14.0 Å². The number of methoxy groups -OCH3 is 1. The lowest BCUT2D eigenvalue weighted by Gasteiger charge is -2.06. The highest BCUT2D eigenvalue weighted by Crippen LogP contribution is 2.15. The van der Waals surface area contributed by atoms with Crippen LogP contribution in [0.4, 0.5) is 10.1 Å². The van der Waals surface area contributed by atoms with Crippen molar-refractivity contribution in [3.05, 3.63) is 29.6 Å². The number of ether oxygens (including phenoxy) is 1. The minimum atomic E-state index is -0.785. The number of carbonyl (C=O) groups is 2. The van der Waals surface area contributed by atoms with E-state index in [-0.39, 0.29) is 16.8 Å². The lowest BCUT2D eigenvalue weighted by Crippen LogP contribution is -2.13. The van der Waals surface area contributed by atoms with E-state index in [1.807, 2.05) is 0 Å². The van der Waals surface area contributed by atoms with Crippen molar-refractivity contribution in [2.45, 2.75) is 0 Å². The van der Waals surface area contributed by atoms with Crippen molar-refractivity contribution in [3.8, 4) is 0 Å². The minimum absolute atomic E-state index is 0.123.